The van der Waals surface area contributed by atoms with Crippen LogP contribution in [0.3, 0.4) is 0 Å². The minimum absolute atomic E-state index is 0.0408. The Bertz CT molecular complexity index is 579. The quantitative estimate of drug-likeness (QED) is 0.752. The van der Waals surface area contributed by atoms with E-state index in [1.54, 1.807) is 14.0 Å². The first-order chi connectivity index (χ1) is 8.56. The molecule has 8 nitrogen and oxygen atoms in total. The van der Waals surface area contributed by atoms with E-state index in [2.05, 4.69) is 20.4 Å². The molecule has 0 saturated heterocycles. The van der Waals surface area contributed by atoms with E-state index in [0.717, 1.165) is 0 Å². The second-order valence-electron chi connectivity index (χ2n) is 3.67. The number of rotatable bonds is 3. The number of nitrogen functional groups attached to an aromatic ring is 1. The van der Waals surface area contributed by atoms with Gasteiger partial charge in [0.2, 0.25) is 5.82 Å². The van der Waals surface area contributed by atoms with Gasteiger partial charge in [0.15, 0.2) is 6.61 Å². The number of ether oxygens (including phenoxy) is 1. The number of aromatic nitrogens is 5. The zero-order valence-electron chi connectivity index (χ0n) is 9.99. The number of carbonyl (C=O) groups is 1. The van der Waals surface area contributed by atoms with Crippen molar-refractivity contribution in [1.82, 2.24) is 25.2 Å². The van der Waals surface area contributed by atoms with Gasteiger partial charge in [-0.2, -0.15) is 4.80 Å². The second kappa shape index (κ2) is 4.78. The van der Waals surface area contributed by atoms with Crippen LogP contribution < -0.4 is 5.73 Å². The van der Waals surface area contributed by atoms with Crippen molar-refractivity contribution in [1.29, 1.82) is 0 Å². The topological polar surface area (TPSA) is 109 Å². The highest BCUT2D eigenvalue weighted by Crippen LogP contribution is 2.11. The molecule has 18 heavy (non-hydrogen) atoms. The fourth-order valence-corrected chi connectivity index (χ4v) is 1.34. The van der Waals surface area contributed by atoms with Gasteiger partial charge in [-0.1, -0.05) is 0 Å². The summed E-state index contributed by atoms with van der Waals surface area (Å²) in [5, 5.41) is 11.2. The fraction of sp³-hybridized carbons (Fsp3) is 0.300. The van der Waals surface area contributed by atoms with Gasteiger partial charge in [0.1, 0.15) is 0 Å². The molecular weight excluding hydrogens is 236 g/mol. The maximum absolute atomic E-state index is 11.8. The van der Waals surface area contributed by atoms with Gasteiger partial charge in [0.25, 0.3) is 0 Å². The summed E-state index contributed by atoms with van der Waals surface area (Å²) < 4.78 is 5.05. The summed E-state index contributed by atoms with van der Waals surface area (Å²) in [6.45, 7) is 1.66. The second-order valence-corrected chi connectivity index (χ2v) is 3.67. The van der Waals surface area contributed by atoms with Crippen molar-refractivity contribution in [3.8, 4) is 0 Å². The van der Waals surface area contributed by atoms with Gasteiger partial charge in [-0.15, -0.1) is 10.2 Å². The first kappa shape index (κ1) is 12.0. The Labute approximate surface area is 103 Å². The number of tetrazole rings is 1. The summed E-state index contributed by atoms with van der Waals surface area (Å²) in [6, 6.07) is 1.52. The Balaban J connectivity index is 2.05. The Morgan fingerprint density at radius 2 is 2.33 bits per heavy atom. The van der Waals surface area contributed by atoms with E-state index in [4.69, 9.17) is 10.5 Å². The van der Waals surface area contributed by atoms with Crippen LogP contribution in [0.5, 0.6) is 0 Å². The first-order valence-electron chi connectivity index (χ1n) is 5.18. The number of hydrogen-bond donors (Lipinski definition) is 1. The zero-order valence-corrected chi connectivity index (χ0v) is 9.99. The van der Waals surface area contributed by atoms with Crippen molar-refractivity contribution >= 4 is 11.7 Å². The molecule has 2 N–H and O–H groups in total. The smallest absolute Gasteiger partial charge is 0.340 e. The van der Waals surface area contributed by atoms with Crippen molar-refractivity contribution in [2.45, 2.75) is 13.5 Å². The van der Waals surface area contributed by atoms with Gasteiger partial charge in [-0.05, 0) is 18.2 Å². The number of pyridine rings is 1. The van der Waals surface area contributed by atoms with Gasteiger partial charge in [0.05, 0.1) is 30.2 Å². The van der Waals surface area contributed by atoms with E-state index in [9.17, 15) is 4.79 Å². The lowest BCUT2D eigenvalue weighted by Gasteiger charge is -2.05. The highest BCUT2D eigenvalue weighted by Gasteiger charge is 2.13. The van der Waals surface area contributed by atoms with E-state index < -0.39 is 5.97 Å². The largest absolute Gasteiger partial charge is 0.454 e. The molecule has 2 aromatic rings. The number of esters is 1. The predicted octanol–water partition coefficient (Wildman–Crippen LogP) is -0.147. The minimum atomic E-state index is -0.514. The molecule has 0 bridgehead atoms. The summed E-state index contributed by atoms with van der Waals surface area (Å²) in [6.07, 6.45) is 1.48. The zero-order chi connectivity index (χ0) is 13.1. The van der Waals surface area contributed by atoms with Gasteiger partial charge >= 0.3 is 5.97 Å². The standard InChI is InChI=1S/C10H12N6O2/c1-6-8(3-7(11)4-12-6)10(17)18-5-9-13-15-16(2)14-9/h3-4H,5,11H2,1-2H3. The predicted molar refractivity (Wildman–Crippen MR) is 61.3 cm³/mol. The third-order valence-corrected chi connectivity index (χ3v) is 2.21. The number of anilines is 1. The van der Waals surface area contributed by atoms with Crippen LogP contribution in [0.25, 0.3) is 0 Å². The van der Waals surface area contributed by atoms with Crippen LogP contribution in [0.1, 0.15) is 21.9 Å². The van der Waals surface area contributed by atoms with Crippen molar-refractivity contribution < 1.29 is 9.53 Å². The molecule has 94 valence electrons. The van der Waals surface area contributed by atoms with E-state index >= 15 is 0 Å². The van der Waals surface area contributed by atoms with Gasteiger partial charge < -0.3 is 10.5 Å². The van der Waals surface area contributed by atoms with Gasteiger partial charge in [-0.3, -0.25) is 4.98 Å². The van der Waals surface area contributed by atoms with E-state index in [-0.39, 0.29) is 6.61 Å². The molecular formula is C10H12N6O2. The molecule has 2 heterocycles. The molecule has 0 fully saturated rings. The molecule has 2 rings (SSSR count). The molecule has 0 aromatic carbocycles. The number of nitrogens with zero attached hydrogens (tertiary/aromatic N) is 5. The Kier molecular flexibility index (Phi) is 3.18. The van der Waals surface area contributed by atoms with Crippen LogP contribution >= 0.6 is 0 Å². The molecule has 8 heteroatoms. The Hall–Kier alpha value is -2.51. The lowest BCUT2D eigenvalue weighted by Crippen LogP contribution is -2.09. The molecule has 0 aliphatic carbocycles. The minimum Gasteiger partial charge on any atom is -0.454 e. The van der Waals surface area contributed by atoms with Crippen molar-refractivity contribution in [2.24, 2.45) is 7.05 Å². The molecule has 0 spiro atoms. The molecule has 0 aliphatic rings. The number of hydrogen-bond acceptors (Lipinski definition) is 7. The summed E-state index contributed by atoms with van der Waals surface area (Å²) in [5.74, 6) is -0.180. The van der Waals surface area contributed by atoms with Crippen LogP contribution in [-0.4, -0.2) is 31.2 Å². The van der Waals surface area contributed by atoms with Crippen molar-refractivity contribution in [2.75, 3.05) is 5.73 Å². The normalized spacial score (nSPS) is 10.3. The lowest BCUT2D eigenvalue weighted by molar-refractivity contribution is 0.0460. The molecule has 0 saturated carbocycles. The van der Waals surface area contributed by atoms with Gasteiger partial charge in [-0.25, -0.2) is 4.79 Å². The summed E-state index contributed by atoms with van der Waals surface area (Å²) >= 11 is 0. The Morgan fingerprint density at radius 3 is 3.00 bits per heavy atom. The SMILES string of the molecule is Cc1ncc(N)cc1C(=O)OCc1nnn(C)n1. The molecule has 0 atom stereocenters. The first-order valence-corrected chi connectivity index (χ1v) is 5.18. The highest BCUT2D eigenvalue weighted by atomic mass is 16.5. The molecule has 0 radical (unpaired) electrons. The molecule has 0 unspecified atom stereocenters. The number of aryl methyl sites for hydroxylation is 2. The number of carbonyl (C=O) groups excluding carboxylic acids is 1. The average Bonchev–Trinajstić information content (AvgIpc) is 2.75. The van der Waals surface area contributed by atoms with E-state index in [1.807, 2.05) is 0 Å². The molecule has 2 aromatic heterocycles. The van der Waals surface area contributed by atoms with E-state index in [1.165, 1.54) is 17.1 Å². The van der Waals surface area contributed by atoms with Crippen LogP contribution in [0.15, 0.2) is 12.3 Å². The molecule has 0 amide bonds. The Morgan fingerprint density at radius 1 is 1.56 bits per heavy atom. The summed E-state index contributed by atoms with van der Waals surface area (Å²) in [4.78, 5) is 17.1. The van der Waals surface area contributed by atoms with Crippen LogP contribution in [0.2, 0.25) is 0 Å². The van der Waals surface area contributed by atoms with Crippen molar-refractivity contribution in [3.63, 3.8) is 0 Å². The summed E-state index contributed by atoms with van der Waals surface area (Å²) in [5.41, 5.74) is 6.86. The lowest BCUT2D eigenvalue weighted by atomic mass is 10.2. The maximum atomic E-state index is 11.8. The van der Waals surface area contributed by atoms with Crippen LogP contribution in [-0.2, 0) is 18.4 Å². The third kappa shape index (κ3) is 2.59. The molecule has 0 aliphatic heterocycles. The highest BCUT2D eigenvalue weighted by molar-refractivity contribution is 5.91. The van der Waals surface area contributed by atoms with Crippen LogP contribution in [0, 0.1) is 6.92 Å². The monoisotopic (exact) mass is 248 g/mol. The van der Waals surface area contributed by atoms with Gasteiger partial charge in [0, 0.05) is 0 Å². The average molecular weight is 248 g/mol. The third-order valence-electron chi connectivity index (χ3n) is 2.21. The maximum Gasteiger partial charge on any atom is 0.340 e. The van der Waals surface area contributed by atoms with E-state index in [0.29, 0.717) is 22.8 Å². The fourth-order valence-electron chi connectivity index (χ4n) is 1.34. The number of nitrogens with two attached hydrogens (primary N) is 1. The van der Waals surface area contributed by atoms with Crippen LogP contribution in [0.4, 0.5) is 5.69 Å². The summed E-state index contributed by atoms with van der Waals surface area (Å²) in [7, 11) is 1.63. The van der Waals surface area contributed by atoms with Crippen molar-refractivity contribution in [3.05, 3.63) is 29.3 Å².